The van der Waals surface area contributed by atoms with Gasteiger partial charge in [0.1, 0.15) is 0 Å². The van der Waals surface area contributed by atoms with Crippen molar-refractivity contribution in [3.05, 3.63) is 46.9 Å². The van der Waals surface area contributed by atoms with Crippen LogP contribution in [0.4, 0.5) is 0 Å². The molecule has 0 unspecified atom stereocenters. The lowest BCUT2D eigenvalue weighted by molar-refractivity contribution is 0.308. The molecule has 122 valence electrons. The molecule has 0 N–H and O–H groups in total. The van der Waals surface area contributed by atoms with Gasteiger partial charge in [0.2, 0.25) is 5.54 Å². The van der Waals surface area contributed by atoms with Crippen molar-refractivity contribution in [2.24, 2.45) is 5.92 Å². The molecule has 0 atom stereocenters. The summed E-state index contributed by atoms with van der Waals surface area (Å²) in [5, 5.41) is 0. The lowest BCUT2D eigenvalue weighted by atomic mass is 9.75. The van der Waals surface area contributed by atoms with E-state index in [1.165, 1.54) is 23.1 Å². The van der Waals surface area contributed by atoms with Crippen molar-refractivity contribution < 1.29 is 0 Å². The fourth-order valence-corrected chi connectivity index (χ4v) is 3.16. The van der Waals surface area contributed by atoms with Crippen molar-refractivity contribution in [1.29, 1.82) is 0 Å². The highest BCUT2D eigenvalue weighted by Crippen LogP contribution is 2.38. The average Bonchev–Trinajstić information content (AvgIpc) is 2.47. The zero-order valence-corrected chi connectivity index (χ0v) is 15.0. The standard InChI is InChI=1S/C21H33N/c1-17(2)9-7-10-18(3)11-8-12-19(4)20-13-15-21(5,22-6)16-14-20/h9,11,20H,4,7-8,10,12-16H2,1-3,5H3/b18-11+. The molecule has 1 fully saturated rings. The summed E-state index contributed by atoms with van der Waals surface area (Å²) in [5.41, 5.74) is 4.21. The van der Waals surface area contributed by atoms with Crippen LogP contribution in [0, 0.1) is 12.5 Å². The first kappa shape index (κ1) is 18.8. The summed E-state index contributed by atoms with van der Waals surface area (Å²) in [4.78, 5) is 3.81. The van der Waals surface area contributed by atoms with Gasteiger partial charge in [0.05, 0.1) is 0 Å². The van der Waals surface area contributed by atoms with Gasteiger partial charge in [0, 0.05) is 19.8 Å². The van der Waals surface area contributed by atoms with Crippen LogP contribution in [0.2, 0.25) is 0 Å². The molecule has 1 aliphatic rings. The van der Waals surface area contributed by atoms with E-state index in [1.807, 2.05) is 0 Å². The Morgan fingerprint density at radius 2 is 1.73 bits per heavy atom. The molecule has 1 nitrogen and oxygen atoms in total. The SMILES string of the molecule is [C-]#[N+]C1(C)CCC(C(=C)CC/C=C(\C)CCC=C(C)C)CC1. The molecule has 1 rings (SSSR count). The highest BCUT2D eigenvalue weighted by molar-refractivity contribution is 5.09. The molecule has 0 aromatic carbocycles. The number of rotatable bonds is 7. The minimum Gasteiger partial charge on any atom is -0.311 e. The van der Waals surface area contributed by atoms with Crippen molar-refractivity contribution >= 4 is 0 Å². The summed E-state index contributed by atoms with van der Waals surface area (Å²) in [6.45, 7) is 20.3. The fourth-order valence-electron chi connectivity index (χ4n) is 3.16. The second-order valence-corrected chi connectivity index (χ2v) is 7.45. The highest BCUT2D eigenvalue weighted by Gasteiger charge is 2.36. The summed E-state index contributed by atoms with van der Waals surface area (Å²) in [6.07, 6.45) is 13.6. The maximum absolute atomic E-state index is 7.30. The van der Waals surface area contributed by atoms with Gasteiger partial charge in [-0.15, -0.1) is 0 Å². The van der Waals surface area contributed by atoms with Crippen LogP contribution in [0.3, 0.4) is 0 Å². The molecule has 0 saturated heterocycles. The van der Waals surface area contributed by atoms with Crippen LogP contribution in [-0.4, -0.2) is 5.54 Å². The first-order chi connectivity index (χ1) is 10.4. The Balaban J connectivity index is 2.29. The molecular weight excluding hydrogens is 266 g/mol. The molecule has 1 saturated carbocycles. The van der Waals surface area contributed by atoms with E-state index in [-0.39, 0.29) is 5.54 Å². The van der Waals surface area contributed by atoms with Gasteiger partial charge in [0.15, 0.2) is 0 Å². The van der Waals surface area contributed by atoms with Gasteiger partial charge in [-0.1, -0.05) is 35.5 Å². The Kier molecular flexibility index (Phi) is 7.66. The normalized spacial score (nSPS) is 25.4. The minimum absolute atomic E-state index is 0.0990. The summed E-state index contributed by atoms with van der Waals surface area (Å²) >= 11 is 0. The van der Waals surface area contributed by atoms with E-state index >= 15 is 0 Å². The monoisotopic (exact) mass is 299 g/mol. The third-order valence-corrected chi connectivity index (χ3v) is 4.96. The van der Waals surface area contributed by atoms with Crippen molar-refractivity contribution in [2.75, 3.05) is 0 Å². The lowest BCUT2D eigenvalue weighted by Crippen LogP contribution is -2.27. The Bertz CT molecular complexity index is 461. The van der Waals surface area contributed by atoms with E-state index in [9.17, 15) is 0 Å². The zero-order valence-electron chi connectivity index (χ0n) is 15.0. The number of hydrogen-bond donors (Lipinski definition) is 0. The Labute approximate surface area is 138 Å². The molecule has 22 heavy (non-hydrogen) atoms. The van der Waals surface area contributed by atoms with Crippen LogP contribution in [0.25, 0.3) is 4.85 Å². The minimum atomic E-state index is -0.0990. The Morgan fingerprint density at radius 1 is 1.14 bits per heavy atom. The van der Waals surface area contributed by atoms with Gasteiger partial charge < -0.3 is 4.85 Å². The third-order valence-electron chi connectivity index (χ3n) is 4.96. The quantitative estimate of drug-likeness (QED) is 0.356. The van der Waals surface area contributed by atoms with Crippen LogP contribution in [-0.2, 0) is 0 Å². The van der Waals surface area contributed by atoms with Gasteiger partial charge in [0.25, 0.3) is 0 Å². The third kappa shape index (κ3) is 6.65. The number of allylic oxidation sites excluding steroid dienone is 5. The summed E-state index contributed by atoms with van der Waals surface area (Å²) < 4.78 is 0. The van der Waals surface area contributed by atoms with Crippen LogP contribution in [0.5, 0.6) is 0 Å². The molecule has 1 aliphatic carbocycles. The van der Waals surface area contributed by atoms with Crippen LogP contribution in [0.15, 0.2) is 35.5 Å². The molecule has 0 aromatic rings. The molecule has 0 heterocycles. The largest absolute Gasteiger partial charge is 0.311 e. The number of hydrogen-bond acceptors (Lipinski definition) is 0. The van der Waals surface area contributed by atoms with E-state index in [4.69, 9.17) is 6.57 Å². The van der Waals surface area contributed by atoms with Gasteiger partial charge in [-0.05, 0) is 65.2 Å². The molecule has 0 spiro atoms. The first-order valence-corrected chi connectivity index (χ1v) is 8.71. The van der Waals surface area contributed by atoms with Gasteiger partial charge >= 0.3 is 0 Å². The molecule has 0 bridgehead atoms. The molecule has 1 heteroatoms. The van der Waals surface area contributed by atoms with Crippen LogP contribution in [0.1, 0.15) is 79.1 Å². The van der Waals surface area contributed by atoms with Crippen LogP contribution < -0.4 is 0 Å². The molecule has 0 aromatic heterocycles. The molecule has 0 radical (unpaired) electrons. The number of nitrogens with zero attached hydrogens (tertiary/aromatic N) is 1. The van der Waals surface area contributed by atoms with E-state index in [0.29, 0.717) is 5.92 Å². The molecular formula is C21H33N. The van der Waals surface area contributed by atoms with Crippen LogP contribution >= 0.6 is 0 Å². The summed E-state index contributed by atoms with van der Waals surface area (Å²) in [7, 11) is 0. The van der Waals surface area contributed by atoms with E-state index < -0.39 is 0 Å². The van der Waals surface area contributed by atoms with Gasteiger partial charge in [-0.25, -0.2) is 6.57 Å². The smallest absolute Gasteiger partial charge is 0.230 e. The summed E-state index contributed by atoms with van der Waals surface area (Å²) in [6, 6.07) is 0. The predicted molar refractivity (Wildman–Crippen MR) is 97.8 cm³/mol. The van der Waals surface area contributed by atoms with Crippen molar-refractivity contribution in [3.63, 3.8) is 0 Å². The van der Waals surface area contributed by atoms with Crippen molar-refractivity contribution in [1.82, 2.24) is 0 Å². The summed E-state index contributed by atoms with van der Waals surface area (Å²) in [5.74, 6) is 0.647. The second-order valence-electron chi connectivity index (χ2n) is 7.45. The van der Waals surface area contributed by atoms with Crippen molar-refractivity contribution in [3.8, 4) is 0 Å². The van der Waals surface area contributed by atoms with Crippen molar-refractivity contribution in [2.45, 2.75) is 84.6 Å². The molecule has 0 amide bonds. The van der Waals surface area contributed by atoms with E-state index in [2.05, 4.69) is 51.3 Å². The topological polar surface area (TPSA) is 4.36 Å². The van der Waals surface area contributed by atoms with Gasteiger partial charge in [-0.2, -0.15) is 0 Å². The Hall–Kier alpha value is -1.29. The highest BCUT2D eigenvalue weighted by atomic mass is 14.8. The fraction of sp³-hybridized carbons (Fsp3) is 0.667. The first-order valence-electron chi connectivity index (χ1n) is 8.71. The van der Waals surface area contributed by atoms with Gasteiger partial charge in [-0.3, -0.25) is 0 Å². The predicted octanol–water partition coefficient (Wildman–Crippen LogP) is 6.88. The lowest BCUT2D eigenvalue weighted by Gasteiger charge is -2.29. The maximum atomic E-state index is 7.30. The van der Waals surface area contributed by atoms with E-state index in [0.717, 1.165) is 44.9 Å². The second kappa shape index (κ2) is 8.99. The average molecular weight is 300 g/mol. The Morgan fingerprint density at radius 3 is 2.27 bits per heavy atom. The zero-order chi connectivity index (χ0) is 16.6. The molecule has 0 aliphatic heterocycles. The maximum Gasteiger partial charge on any atom is 0.230 e. The van der Waals surface area contributed by atoms with E-state index in [1.54, 1.807) is 0 Å².